The second-order valence-electron chi connectivity index (χ2n) is 8.05. The van der Waals surface area contributed by atoms with Crippen LogP contribution in [0.2, 0.25) is 0 Å². The molecule has 7 nitrogen and oxygen atoms in total. The van der Waals surface area contributed by atoms with E-state index in [1.54, 1.807) is 38.5 Å². The van der Waals surface area contributed by atoms with Crippen LogP contribution in [0.3, 0.4) is 0 Å². The summed E-state index contributed by atoms with van der Waals surface area (Å²) in [7, 11) is 0. The Hall–Kier alpha value is -3.43. The summed E-state index contributed by atoms with van der Waals surface area (Å²) in [5.41, 5.74) is 0.245. The third kappa shape index (κ3) is 13.8. The van der Waals surface area contributed by atoms with Crippen LogP contribution in [0.15, 0.2) is 55.1 Å². The normalized spacial score (nSPS) is 10.8. The van der Waals surface area contributed by atoms with Gasteiger partial charge in [0.1, 0.15) is 5.75 Å². The fourth-order valence-corrected chi connectivity index (χ4v) is 2.21. The highest BCUT2D eigenvalue weighted by atomic mass is 19.4. The number of halogens is 3. The van der Waals surface area contributed by atoms with E-state index in [0.29, 0.717) is 6.01 Å². The molecule has 3 aromatic heterocycles. The van der Waals surface area contributed by atoms with Crippen LogP contribution in [0.4, 0.5) is 13.2 Å². The number of aromatic nitrogens is 4. The lowest BCUT2D eigenvalue weighted by Crippen LogP contribution is -2.09. The molecular weight excluding hydrogens is 461 g/mol. The lowest BCUT2D eigenvalue weighted by Gasteiger charge is -2.09. The molecule has 192 valence electrons. The maximum absolute atomic E-state index is 12.1. The molecule has 0 aliphatic rings. The monoisotopic (exact) mass is 494 g/mol. The van der Waals surface area contributed by atoms with Crippen molar-refractivity contribution in [3.63, 3.8) is 0 Å². The molecule has 0 N–H and O–H groups in total. The topological polar surface area (TPSA) is 79.2 Å². The van der Waals surface area contributed by atoms with Crippen molar-refractivity contribution < 1.29 is 27.4 Å². The van der Waals surface area contributed by atoms with E-state index < -0.39 is 11.7 Å². The van der Waals surface area contributed by atoms with Crippen LogP contribution >= 0.6 is 0 Å². The van der Waals surface area contributed by atoms with Gasteiger partial charge in [-0.15, -0.1) is 0 Å². The molecule has 0 aliphatic heterocycles. The molecule has 3 rings (SSSR count). The number of hydrogen-bond acceptors (Lipinski definition) is 7. The van der Waals surface area contributed by atoms with Crippen LogP contribution < -0.4 is 14.2 Å². The first kappa shape index (κ1) is 29.6. The summed E-state index contributed by atoms with van der Waals surface area (Å²) >= 11 is 0. The van der Waals surface area contributed by atoms with E-state index in [-0.39, 0.29) is 24.2 Å². The second kappa shape index (κ2) is 14.7. The predicted molar refractivity (Wildman–Crippen MR) is 128 cm³/mol. The average molecular weight is 495 g/mol. The minimum Gasteiger partial charge on any atom is -0.489 e. The van der Waals surface area contributed by atoms with E-state index in [1.807, 2.05) is 46.8 Å². The van der Waals surface area contributed by atoms with Crippen LogP contribution in [-0.4, -0.2) is 38.2 Å². The van der Waals surface area contributed by atoms with E-state index in [1.165, 1.54) is 6.07 Å². The van der Waals surface area contributed by atoms with Gasteiger partial charge in [-0.3, -0.25) is 4.98 Å². The molecule has 0 unspecified atom stereocenters. The molecule has 0 amide bonds. The highest BCUT2D eigenvalue weighted by molar-refractivity contribution is 5.20. The SMILES string of the molecule is CC(C)Oc1ccc(C(F)(F)F)cn1.CC(C)Oc1ncccn1.Cc1ccc(OC(C)C)cn1. The molecule has 3 aromatic rings. The Morgan fingerprint density at radius 2 is 1.29 bits per heavy atom. The van der Waals surface area contributed by atoms with Crippen molar-refractivity contribution in [1.82, 2.24) is 19.9 Å². The summed E-state index contributed by atoms with van der Waals surface area (Å²) in [6, 6.07) is 8.23. The summed E-state index contributed by atoms with van der Waals surface area (Å²) in [4.78, 5) is 15.4. The van der Waals surface area contributed by atoms with Crippen molar-refractivity contribution >= 4 is 0 Å². The minimum atomic E-state index is -4.34. The zero-order valence-electron chi connectivity index (χ0n) is 21.1. The van der Waals surface area contributed by atoms with Crippen LogP contribution in [0.25, 0.3) is 0 Å². The van der Waals surface area contributed by atoms with Crippen LogP contribution in [0.5, 0.6) is 17.6 Å². The Morgan fingerprint density at radius 3 is 1.71 bits per heavy atom. The summed E-state index contributed by atoms with van der Waals surface area (Å²) in [6.07, 6.45) is 1.74. The number of pyridine rings is 2. The fourth-order valence-electron chi connectivity index (χ4n) is 2.21. The fraction of sp³-hybridized carbons (Fsp3) is 0.440. The van der Waals surface area contributed by atoms with E-state index in [4.69, 9.17) is 14.2 Å². The van der Waals surface area contributed by atoms with E-state index in [2.05, 4.69) is 19.9 Å². The first-order valence-electron chi connectivity index (χ1n) is 11.1. The van der Waals surface area contributed by atoms with Crippen LogP contribution in [-0.2, 0) is 6.18 Å². The molecule has 0 spiro atoms. The number of ether oxygens (including phenoxy) is 3. The van der Waals surface area contributed by atoms with Crippen molar-refractivity contribution in [3.8, 4) is 17.6 Å². The summed E-state index contributed by atoms with van der Waals surface area (Å²) in [6.45, 7) is 13.4. The lowest BCUT2D eigenvalue weighted by atomic mass is 10.3. The van der Waals surface area contributed by atoms with Crippen molar-refractivity contribution in [1.29, 1.82) is 0 Å². The molecule has 0 fully saturated rings. The molecule has 0 saturated carbocycles. The van der Waals surface area contributed by atoms with Gasteiger partial charge in [0.2, 0.25) is 5.88 Å². The van der Waals surface area contributed by atoms with Crippen molar-refractivity contribution in [3.05, 3.63) is 66.4 Å². The quantitative estimate of drug-likeness (QED) is 0.396. The van der Waals surface area contributed by atoms with Gasteiger partial charge in [-0.1, -0.05) is 0 Å². The molecular formula is C25H33F3N4O3. The Labute approximate surface area is 204 Å². The lowest BCUT2D eigenvalue weighted by molar-refractivity contribution is -0.137. The Morgan fingerprint density at radius 1 is 0.686 bits per heavy atom. The summed E-state index contributed by atoms with van der Waals surface area (Å²) in [5.74, 6) is 1.04. The number of rotatable bonds is 6. The minimum absolute atomic E-state index is 0.0979. The molecule has 35 heavy (non-hydrogen) atoms. The number of nitrogens with zero attached hydrogens (tertiary/aromatic N) is 4. The Kier molecular flexibility index (Phi) is 12.5. The maximum Gasteiger partial charge on any atom is 0.417 e. The summed E-state index contributed by atoms with van der Waals surface area (Å²) < 4.78 is 52.0. The molecule has 0 radical (unpaired) electrons. The molecule has 0 saturated heterocycles. The third-order valence-corrected chi connectivity index (χ3v) is 3.56. The Balaban J connectivity index is 0.000000267. The van der Waals surface area contributed by atoms with E-state index in [9.17, 15) is 13.2 Å². The standard InChI is InChI=1S/C9H10F3NO.C9H13NO.C7H10N2O/c1-6(2)14-8-4-3-7(5-13-8)9(10,11)12;1-7(2)11-9-5-4-8(3)10-6-9;1-6(2)10-7-8-4-3-5-9-7/h3-6H,1-2H3;4-7H,1-3H3;3-6H,1-2H3. The van der Waals surface area contributed by atoms with Gasteiger partial charge in [0.25, 0.3) is 0 Å². The van der Waals surface area contributed by atoms with Gasteiger partial charge in [-0.2, -0.15) is 13.2 Å². The van der Waals surface area contributed by atoms with Crippen LogP contribution in [0, 0.1) is 6.92 Å². The molecule has 0 aliphatic carbocycles. The van der Waals surface area contributed by atoms with Gasteiger partial charge < -0.3 is 14.2 Å². The molecule has 0 aromatic carbocycles. The Bertz CT molecular complexity index is 950. The first-order valence-corrected chi connectivity index (χ1v) is 11.1. The maximum atomic E-state index is 12.1. The highest BCUT2D eigenvalue weighted by Gasteiger charge is 2.30. The van der Waals surface area contributed by atoms with Crippen molar-refractivity contribution in [2.24, 2.45) is 0 Å². The summed E-state index contributed by atoms with van der Waals surface area (Å²) in [5, 5.41) is 0. The average Bonchev–Trinajstić information content (AvgIpc) is 2.76. The highest BCUT2D eigenvalue weighted by Crippen LogP contribution is 2.29. The van der Waals surface area contributed by atoms with Crippen LogP contribution in [0.1, 0.15) is 52.8 Å². The van der Waals surface area contributed by atoms with Crippen molar-refractivity contribution in [2.45, 2.75) is 73.0 Å². The molecule has 0 atom stereocenters. The largest absolute Gasteiger partial charge is 0.489 e. The molecule has 10 heteroatoms. The van der Waals surface area contributed by atoms with Gasteiger partial charge in [0.05, 0.1) is 30.1 Å². The van der Waals surface area contributed by atoms with Gasteiger partial charge in [-0.05, 0) is 72.7 Å². The zero-order chi connectivity index (χ0) is 26.4. The number of hydrogen-bond donors (Lipinski definition) is 0. The van der Waals surface area contributed by atoms with Crippen molar-refractivity contribution in [2.75, 3.05) is 0 Å². The number of alkyl halides is 3. The molecule has 0 bridgehead atoms. The third-order valence-electron chi connectivity index (χ3n) is 3.56. The van der Waals surface area contributed by atoms with Gasteiger partial charge in [0.15, 0.2) is 0 Å². The smallest absolute Gasteiger partial charge is 0.417 e. The van der Waals surface area contributed by atoms with Gasteiger partial charge in [-0.25, -0.2) is 15.0 Å². The second-order valence-corrected chi connectivity index (χ2v) is 8.05. The van der Waals surface area contributed by atoms with Gasteiger partial charge in [0, 0.05) is 30.4 Å². The molecule has 3 heterocycles. The zero-order valence-corrected chi connectivity index (χ0v) is 21.1. The predicted octanol–water partition coefficient (Wildman–Crippen LogP) is 6.33. The van der Waals surface area contributed by atoms with E-state index in [0.717, 1.165) is 23.7 Å². The van der Waals surface area contributed by atoms with E-state index >= 15 is 0 Å². The number of aryl methyl sites for hydroxylation is 1. The van der Waals surface area contributed by atoms with Gasteiger partial charge >= 0.3 is 12.2 Å². The first-order chi connectivity index (χ1) is 16.4.